The summed E-state index contributed by atoms with van der Waals surface area (Å²) in [6.45, 7) is 8.63. The zero-order valence-corrected chi connectivity index (χ0v) is 20.4. The van der Waals surface area contributed by atoms with E-state index in [0.29, 0.717) is 25.7 Å². The molecule has 0 fully saturated rings. The highest BCUT2D eigenvalue weighted by Gasteiger charge is 2.04. The number of halogens is 1. The molecule has 0 bridgehead atoms. The Kier molecular flexibility index (Phi) is 13.9. The third kappa shape index (κ3) is 10.8. The topological polar surface area (TPSA) is 67.7 Å². The first-order valence-electron chi connectivity index (χ1n) is 10.5. The van der Waals surface area contributed by atoms with E-state index in [1.54, 1.807) is 16.7 Å². The summed E-state index contributed by atoms with van der Waals surface area (Å²) in [7, 11) is 0. The molecule has 1 aromatic heterocycles. The molecule has 0 aliphatic rings. The smallest absolute Gasteiger partial charge is 0.250 e. The highest BCUT2D eigenvalue weighted by atomic mass is 127. The Morgan fingerprint density at radius 3 is 2.60 bits per heavy atom. The number of hydrogen-bond acceptors (Lipinski definition) is 3. The van der Waals surface area contributed by atoms with Crippen molar-refractivity contribution >= 4 is 29.9 Å². The van der Waals surface area contributed by atoms with Gasteiger partial charge in [-0.1, -0.05) is 43.3 Å². The Morgan fingerprint density at radius 2 is 1.87 bits per heavy atom. The van der Waals surface area contributed by atoms with E-state index in [0.717, 1.165) is 38.4 Å². The molecule has 2 rings (SSSR count). The molecule has 0 aliphatic carbocycles. The van der Waals surface area contributed by atoms with Crippen molar-refractivity contribution in [2.45, 2.75) is 39.8 Å². The first-order valence-corrected chi connectivity index (χ1v) is 10.5. The van der Waals surface area contributed by atoms with Crippen LogP contribution in [0.4, 0.5) is 0 Å². The van der Waals surface area contributed by atoms with Gasteiger partial charge in [-0.15, -0.1) is 24.0 Å². The molecule has 0 saturated heterocycles. The Balaban J connectivity index is 0.00000450. The van der Waals surface area contributed by atoms with Gasteiger partial charge < -0.3 is 19.9 Å². The van der Waals surface area contributed by atoms with Gasteiger partial charge in [0.05, 0.1) is 13.2 Å². The number of aryl methyl sites for hydroxylation is 1. The van der Waals surface area contributed by atoms with Gasteiger partial charge in [-0.3, -0.25) is 9.79 Å². The Morgan fingerprint density at radius 1 is 1.10 bits per heavy atom. The van der Waals surface area contributed by atoms with Crippen molar-refractivity contribution in [1.29, 1.82) is 0 Å². The van der Waals surface area contributed by atoms with Gasteiger partial charge in [0.25, 0.3) is 0 Å². The number of benzene rings is 1. The second kappa shape index (κ2) is 15.9. The highest BCUT2D eigenvalue weighted by Crippen LogP contribution is 2.03. The van der Waals surface area contributed by atoms with Gasteiger partial charge in [0.2, 0.25) is 5.56 Å². The SMILES string of the molecule is CCNC(=NCC(C)COCc1ccccc1)NCCCCn1ccccc1=O.I. The van der Waals surface area contributed by atoms with Gasteiger partial charge in [0, 0.05) is 38.4 Å². The number of nitrogens with one attached hydrogen (secondary N) is 2. The average Bonchev–Trinajstić information content (AvgIpc) is 2.73. The molecule has 6 nitrogen and oxygen atoms in total. The minimum Gasteiger partial charge on any atom is -0.376 e. The Bertz CT molecular complexity index is 780. The van der Waals surface area contributed by atoms with E-state index in [4.69, 9.17) is 4.74 Å². The fraction of sp³-hybridized carbons (Fsp3) is 0.478. The number of ether oxygens (including phenoxy) is 1. The number of guanidine groups is 1. The number of aromatic nitrogens is 1. The van der Waals surface area contributed by atoms with Crippen LogP contribution in [0.25, 0.3) is 0 Å². The van der Waals surface area contributed by atoms with Crippen LogP contribution in [0.1, 0.15) is 32.3 Å². The summed E-state index contributed by atoms with van der Waals surface area (Å²) in [6, 6.07) is 15.5. The van der Waals surface area contributed by atoms with E-state index in [9.17, 15) is 4.79 Å². The standard InChI is InChI=1S/C23H34N4O2.HI/c1-3-24-23(25-14-8-10-16-27-15-9-7-13-22(27)28)26-17-20(2)18-29-19-21-11-5-4-6-12-21;/h4-7,9,11-13,15,20H,3,8,10,14,16-19H2,1-2H3,(H2,24,25,26);1H. The largest absolute Gasteiger partial charge is 0.376 e. The van der Waals surface area contributed by atoms with Crippen LogP contribution >= 0.6 is 24.0 Å². The normalized spacial score (nSPS) is 12.1. The molecule has 0 spiro atoms. The zero-order chi connectivity index (χ0) is 20.7. The minimum atomic E-state index is 0. The summed E-state index contributed by atoms with van der Waals surface area (Å²) in [5.74, 6) is 1.18. The second-order valence-corrected chi connectivity index (χ2v) is 7.19. The van der Waals surface area contributed by atoms with Crippen LogP contribution in [0.3, 0.4) is 0 Å². The van der Waals surface area contributed by atoms with E-state index < -0.39 is 0 Å². The molecule has 1 atom stereocenters. The quantitative estimate of drug-likeness (QED) is 0.192. The van der Waals surface area contributed by atoms with E-state index in [1.165, 1.54) is 5.56 Å². The molecule has 166 valence electrons. The Labute approximate surface area is 197 Å². The lowest BCUT2D eigenvalue weighted by atomic mass is 10.2. The second-order valence-electron chi connectivity index (χ2n) is 7.19. The molecule has 2 aromatic rings. The fourth-order valence-electron chi connectivity index (χ4n) is 2.85. The molecule has 1 unspecified atom stereocenters. The number of rotatable bonds is 12. The predicted octanol–water partition coefficient (Wildman–Crippen LogP) is 3.65. The molecule has 0 amide bonds. The van der Waals surface area contributed by atoms with E-state index >= 15 is 0 Å². The molecule has 0 aliphatic heterocycles. The van der Waals surface area contributed by atoms with E-state index in [1.807, 2.05) is 30.5 Å². The summed E-state index contributed by atoms with van der Waals surface area (Å²) in [4.78, 5) is 16.4. The maximum absolute atomic E-state index is 11.7. The lowest BCUT2D eigenvalue weighted by Gasteiger charge is -2.14. The van der Waals surface area contributed by atoms with Crippen molar-refractivity contribution in [3.05, 3.63) is 70.6 Å². The molecule has 1 heterocycles. The van der Waals surface area contributed by atoms with Gasteiger partial charge in [-0.05, 0) is 37.3 Å². The predicted molar refractivity (Wildman–Crippen MR) is 135 cm³/mol. The highest BCUT2D eigenvalue weighted by molar-refractivity contribution is 14.0. The maximum atomic E-state index is 11.7. The van der Waals surface area contributed by atoms with Crippen LogP contribution in [0.15, 0.2) is 64.5 Å². The molecule has 7 heteroatoms. The summed E-state index contributed by atoms with van der Waals surface area (Å²) in [6.07, 6.45) is 3.75. The third-order valence-corrected chi connectivity index (χ3v) is 4.44. The van der Waals surface area contributed by atoms with Crippen molar-refractivity contribution in [2.24, 2.45) is 10.9 Å². The van der Waals surface area contributed by atoms with Crippen LogP contribution in [-0.4, -0.2) is 36.8 Å². The van der Waals surface area contributed by atoms with Crippen LogP contribution in [0.2, 0.25) is 0 Å². The van der Waals surface area contributed by atoms with Crippen LogP contribution in [0.5, 0.6) is 0 Å². The molecule has 0 saturated carbocycles. The molecule has 2 N–H and O–H groups in total. The number of nitrogens with zero attached hydrogens (tertiary/aromatic N) is 2. The number of unbranched alkanes of at least 4 members (excludes halogenated alkanes) is 1. The number of hydrogen-bond donors (Lipinski definition) is 2. The van der Waals surface area contributed by atoms with Gasteiger partial charge >= 0.3 is 0 Å². The van der Waals surface area contributed by atoms with Gasteiger partial charge in [0.1, 0.15) is 0 Å². The summed E-state index contributed by atoms with van der Waals surface area (Å²) < 4.78 is 7.55. The summed E-state index contributed by atoms with van der Waals surface area (Å²) in [5, 5.41) is 6.65. The number of aliphatic imine (C=N–C) groups is 1. The monoisotopic (exact) mass is 526 g/mol. The van der Waals surface area contributed by atoms with Gasteiger partial charge in [0.15, 0.2) is 5.96 Å². The van der Waals surface area contributed by atoms with Crippen molar-refractivity contribution in [3.63, 3.8) is 0 Å². The fourth-order valence-corrected chi connectivity index (χ4v) is 2.85. The first-order chi connectivity index (χ1) is 14.2. The van der Waals surface area contributed by atoms with Crippen molar-refractivity contribution < 1.29 is 4.74 Å². The van der Waals surface area contributed by atoms with E-state index in [2.05, 4.69) is 41.6 Å². The first kappa shape index (κ1) is 26.2. The lowest BCUT2D eigenvalue weighted by molar-refractivity contribution is 0.0945. The molecule has 0 radical (unpaired) electrons. The molecular weight excluding hydrogens is 491 g/mol. The van der Waals surface area contributed by atoms with Crippen LogP contribution in [0, 0.1) is 5.92 Å². The average molecular weight is 526 g/mol. The lowest BCUT2D eigenvalue weighted by Crippen LogP contribution is -2.38. The number of pyridine rings is 1. The molecular formula is C23H35IN4O2. The molecule has 1 aromatic carbocycles. The van der Waals surface area contributed by atoms with Crippen LogP contribution in [-0.2, 0) is 17.9 Å². The van der Waals surface area contributed by atoms with Crippen molar-refractivity contribution in [3.8, 4) is 0 Å². The van der Waals surface area contributed by atoms with Gasteiger partial charge in [-0.25, -0.2) is 0 Å². The third-order valence-electron chi connectivity index (χ3n) is 4.44. The van der Waals surface area contributed by atoms with Crippen molar-refractivity contribution in [1.82, 2.24) is 15.2 Å². The van der Waals surface area contributed by atoms with Crippen molar-refractivity contribution in [2.75, 3.05) is 26.2 Å². The Hall–Kier alpha value is -1.87. The van der Waals surface area contributed by atoms with Gasteiger partial charge in [-0.2, -0.15) is 0 Å². The van der Waals surface area contributed by atoms with Crippen LogP contribution < -0.4 is 16.2 Å². The minimum absolute atomic E-state index is 0. The van der Waals surface area contributed by atoms with E-state index in [-0.39, 0.29) is 29.5 Å². The maximum Gasteiger partial charge on any atom is 0.250 e. The summed E-state index contributed by atoms with van der Waals surface area (Å²) in [5.41, 5.74) is 1.25. The summed E-state index contributed by atoms with van der Waals surface area (Å²) >= 11 is 0. The zero-order valence-electron chi connectivity index (χ0n) is 18.0. The molecule has 30 heavy (non-hydrogen) atoms.